The van der Waals surface area contributed by atoms with E-state index in [0.717, 1.165) is 22.3 Å². The minimum atomic E-state index is -4.48. The second kappa shape index (κ2) is 9.49. The highest BCUT2D eigenvalue weighted by molar-refractivity contribution is 7.09. The highest BCUT2D eigenvalue weighted by Gasteiger charge is 2.33. The Morgan fingerprint density at radius 3 is 2.50 bits per heavy atom. The van der Waals surface area contributed by atoms with Gasteiger partial charge in [0.25, 0.3) is 0 Å². The van der Waals surface area contributed by atoms with Crippen LogP contribution in [0.5, 0.6) is 0 Å². The first-order valence-corrected chi connectivity index (χ1v) is 9.07. The molecule has 4 N–H and O–H groups in total. The molecule has 0 saturated carbocycles. The van der Waals surface area contributed by atoms with Gasteiger partial charge in [-0.2, -0.15) is 13.2 Å². The molecule has 11 heteroatoms. The minimum absolute atomic E-state index is 0.0413. The summed E-state index contributed by atoms with van der Waals surface area (Å²) in [4.78, 5) is 19.2. The molecule has 2 aromatic rings. The number of rotatable bonds is 7. The first-order valence-electron chi connectivity index (χ1n) is 8.19. The quantitative estimate of drug-likeness (QED) is 0.366. The number of thiazole rings is 1. The van der Waals surface area contributed by atoms with Crippen LogP contribution in [0.15, 0.2) is 34.6 Å². The van der Waals surface area contributed by atoms with Crippen LogP contribution in [0.1, 0.15) is 16.3 Å². The Hall–Kier alpha value is -2.69. The molecule has 0 bridgehead atoms. The van der Waals surface area contributed by atoms with E-state index in [0.29, 0.717) is 6.42 Å². The van der Waals surface area contributed by atoms with Crippen molar-refractivity contribution in [1.29, 1.82) is 0 Å². The van der Waals surface area contributed by atoms with Gasteiger partial charge in [0.15, 0.2) is 11.7 Å². The fraction of sp³-hybridized carbons (Fsp3) is 0.353. The standard InChI is InChI=1S/C17H19F4N5OS/c1-23-16(25-8-14-26-13(9-28-14)17(19,20)21)24-7-11(15(22)27)6-10-2-4-12(18)5-3-10/h2-5,9,11H,6-8H2,1H3,(H2,22,27)(H2,23,24,25). The van der Waals surface area contributed by atoms with Crippen LogP contribution >= 0.6 is 11.3 Å². The predicted octanol–water partition coefficient (Wildman–Crippen LogP) is 2.31. The summed E-state index contributed by atoms with van der Waals surface area (Å²) in [6.45, 7) is 0.192. The molecule has 0 radical (unpaired) electrons. The predicted molar refractivity (Wildman–Crippen MR) is 98.1 cm³/mol. The van der Waals surface area contributed by atoms with E-state index in [2.05, 4.69) is 20.6 Å². The van der Waals surface area contributed by atoms with Crippen LogP contribution in [0.2, 0.25) is 0 Å². The van der Waals surface area contributed by atoms with Crippen molar-refractivity contribution in [2.24, 2.45) is 16.6 Å². The average Bonchev–Trinajstić information content (AvgIpc) is 3.11. The van der Waals surface area contributed by atoms with Gasteiger partial charge in [-0.15, -0.1) is 11.3 Å². The fourth-order valence-electron chi connectivity index (χ4n) is 2.30. The maximum atomic E-state index is 13.0. The average molecular weight is 417 g/mol. The number of nitrogens with zero attached hydrogens (tertiary/aromatic N) is 2. The number of aromatic nitrogens is 1. The number of guanidine groups is 1. The van der Waals surface area contributed by atoms with Crippen LogP contribution in [0.3, 0.4) is 0 Å². The van der Waals surface area contributed by atoms with E-state index in [1.807, 2.05) is 0 Å². The Morgan fingerprint density at radius 1 is 1.29 bits per heavy atom. The van der Waals surface area contributed by atoms with E-state index in [1.165, 1.54) is 19.2 Å². The summed E-state index contributed by atoms with van der Waals surface area (Å²) in [6, 6.07) is 5.73. The lowest BCUT2D eigenvalue weighted by atomic mass is 9.98. The van der Waals surface area contributed by atoms with Gasteiger partial charge in [0.05, 0.1) is 12.5 Å². The van der Waals surface area contributed by atoms with Gasteiger partial charge in [0, 0.05) is 19.0 Å². The van der Waals surface area contributed by atoms with Gasteiger partial charge < -0.3 is 16.4 Å². The SMILES string of the molecule is CN=C(NCc1nc(C(F)(F)F)cs1)NCC(Cc1ccc(F)cc1)C(N)=O. The number of amides is 1. The summed E-state index contributed by atoms with van der Waals surface area (Å²) in [5.41, 5.74) is 5.23. The normalized spacial score (nSPS) is 13.2. The third kappa shape index (κ3) is 6.48. The Balaban J connectivity index is 1.89. The molecule has 1 heterocycles. The van der Waals surface area contributed by atoms with Gasteiger partial charge in [-0.05, 0) is 24.1 Å². The van der Waals surface area contributed by atoms with Crippen LogP contribution in [0.25, 0.3) is 0 Å². The van der Waals surface area contributed by atoms with Crippen molar-refractivity contribution in [3.05, 3.63) is 51.7 Å². The zero-order valence-corrected chi connectivity index (χ0v) is 15.7. The highest BCUT2D eigenvalue weighted by atomic mass is 32.1. The Labute approximate surface area is 162 Å². The van der Waals surface area contributed by atoms with Crippen molar-refractivity contribution >= 4 is 23.2 Å². The first-order chi connectivity index (χ1) is 13.2. The molecule has 0 aliphatic rings. The molecule has 1 atom stereocenters. The molecule has 28 heavy (non-hydrogen) atoms. The molecule has 0 saturated heterocycles. The molecule has 1 aromatic heterocycles. The molecule has 0 fully saturated rings. The number of nitrogens with two attached hydrogens (primary N) is 1. The Morgan fingerprint density at radius 2 is 1.96 bits per heavy atom. The van der Waals surface area contributed by atoms with E-state index < -0.39 is 23.7 Å². The van der Waals surface area contributed by atoms with Crippen molar-refractivity contribution in [2.75, 3.05) is 13.6 Å². The molecule has 2 rings (SSSR count). The topological polar surface area (TPSA) is 92.4 Å². The molecule has 152 valence electrons. The number of nitrogens with one attached hydrogen (secondary N) is 2. The summed E-state index contributed by atoms with van der Waals surface area (Å²) in [5.74, 6) is -1.21. The molecule has 1 aromatic carbocycles. The number of hydrogen-bond acceptors (Lipinski definition) is 4. The number of hydrogen-bond donors (Lipinski definition) is 3. The van der Waals surface area contributed by atoms with Gasteiger partial charge in [-0.3, -0.25) is 9.79 Å². The summed E-state index contributed by atoms with van der Waals surface area (Å²) < 4.78 is 50.7. The molecule has 0 spiro atoms. The van der Waals surface area contributed by atoms with E-state index in [-0.39, 0.29) is 29.9 Å². The van der Waals surface area contributed by atoms with Crippen molar-refractivity contribution in [3.63, 3.8) is 0 Å². The Kier molecular flexibility index (Phi) is 7.32. The van der Waals surface area contributed by atoms with Gasteiger partial charge >= 0.3 is 6.18 Å². The lowest BCUT2D eigenvalue weighted by molar-refractivity contribution is -0.140. The van der Waals surface area contributed by atoms with E-state index in [9.17, 15) is 22.4 Å². The summed E-state index contributed by atoms with van der Waals surface area (Å²) in [6.07, 6.45) is -4.18. The number of halogens is 4. The number of alkyl halides is 3. The van der Waals surface area contributed by atoms with E-state index in [4.69, 9.17) is 5.73 Å². The maximum absolute atomic E-state index is 13.0. The smallest absolute Gasteiger partial charge is 0.369 e. The van der Waals surface area contributed by atoms with Gasteiger partial charge in [-0.25, -0.2) is 9.37 Å². The minimum Gasteiger partial charge on any atom is -0.369 e. The van der Waals surface area contributed by atoms with Crippen molar-refractivity contribution in [3.8, 4) is 0 Å². The molecule has 1 amide bonds. The lowest BCUT2D eigenvalue weighted by Crippen LogP contribution is -2.42. The lowest BCUT2D eigenvalue weighted by Gasteiger charge is -2.17. The zero-order valence-electron chi connectivity index (χ0n) is 14.9. The molecular weight excluding hydrogens is 398 g/mol. The fourth-order valence-corrected chi connectivity index (χ4v) is 3.04. The summed E-state index contributed by atoms with van der Waals surface area (Å²) in [7, 11) is 1.48. The van der Waals surface area contributed by atoms with Crippen LogP contribution in [0, 0.1) is 11.7 Å². The van der Waals surface area contributed by atoms with Crippen LogP contribution < -0.4 is 16.4 Å². The Bertz CT molecular complexity index is 820. The molecule has 1 unspecified atom stereocenters. The molecule has 0 aliphatic heterocycles. The third-order valence-electron chi connectivity index (χ3n) is 3.79. The molecular formula is C17H19F4N5OS. The van der Waals surface area contributed by atoms with Crippen LogP contribution in [-0.2, 0) is 23.9 Å². The maximum Gasteiger partial charge on any atom is 0.434 e. The van der Waals surface area contributed by atoms with Crippen LogP contribution in [0.4, 0.5) is 17.6 Å². The number of aliphatic imine (C=N–C) groups is 1. The third-order valence-corrected chi connectivity index (χ3v) is 4.64. The van der Waals surface area contributed by atoms with Gasteiger partial charge in [0.2, 0.25) is 5.91 Å². The zero-order chi connectivity index (χ0) is 20.7. The highest BCUT2D eigenvalue weighted by Crippen LogP contribution is 2.29. The van der Waals surface area contributed by atoms with Crippen molar-refractivity contribution in [2.45, 2.75) is 19.1 Å². The van der Waals surface area contributed by atoms with Crippen molar-refractivity contribution in [1.82, 2.24) is 15.6 Å². The largest absolute Gasteiger partial charge is 0.434 e. The first kappa shape index (κ1) is 21.6. The van der Waals surface area contributed by atoms with Gasteiger partial charge in [-0.1, -0.05) is 12.1 Å². The van der Waals surface area contributed by atoms with E-state index >= 15 is 0 Å². The van der Waals surface area contributed by atoms with E-state index in [1.54, 1.807) is 12.1 Å². The van der Waals surface area contributed by atoms with Gasteiger partial charge in [0.1, 0.15) is 10.8 Å². The van der Waals surface area contributed by atoms with Crippen molar-refractivity contribution < 1.29 is 22.4 Å². The summed E-state index contributed by atoms with van der Waals surface area (Å²) >= 11 is 0.880. The number of carbonyl (C=O) groups excluding carboxylic acids is 1. The second-order valence-electron chi connectivity index (χ2n) is 5.86. The number of carbonyl (C=O) groups is 1. The van der Waals surface area contributed by atoms with Crippen LogP contribution in [-0.4, -0.2) is 30.4 Å². The number of benzene rings is 1. The molecule has 6 nitrogen and oxygen atoms in total. The molecule has 0 aliphatic carbocycles. The monoisotopic (exact) mass is 417 g/mol. The number of primary amides is 1. The second-order valence-corrected chi connectivity index (χ2v) is 6.80. The summed E-state index contributed by atoms with van der Waals surface area (Å²) in [5, 5.41) is 6.93.